The molecule has 0 aromatic rings. The van der Waals surface area contributed by atoms with Crippen molar-refractivity contribution in [2.24, 2.45) is 5.41 Å². The Bertz CT molecular complexity index is 535. The van der Waals surface area contributed by atoms with Crippen LogP contribution in [-0.4, -0.2) is 47.2 Å². The normalized spacial score (nSPS) is 20.3. The Morgan fingerprint density at radius 2 is 2.00 bits per heavy atom. The largest absolute Gasteiger partial charge is 0.480 e. The van der Waals surface area contributed by atoms with Crippen LogP contribution in [0.5, 0.6) is 0 Å². The van der Waals surface area contributed by atoms with Crippen molar-refractivity contribution in [3.05, 3.63) is 23.8 Å². The Kier molecular flexibility index (Phi) is 5.23. The molecule has 1 aliphatic carbocycles. The number of hydrogen-bond acceptors (Lipinski definition) is 5. The highest BCUT2D eigenvalue weighted by molar-refractivity contribution is 6.06. The summed E-state index contributed by atoms with van der Waals surface area (Å²) in [6, 6.07) is 0. The highest BCUT2D eigenvalue weighted by atomic mass is 16.5. The summed E-state index contributed by atoms with van der Waals surface area (Å²) in [5, 5.41) is 20.5. The predicted octanol–water partition coefficient (Wildman–Crippen LogP) is -0.292. The number of ether oxygens (including phenoxy) is 1. The highest BCUT2D eigenvalue weighted by Gasteiger charge is 2.46. The van der Waals surface area contributed by atoms with E-state index in [0.717, 1.165) is 6.08 Å². The topological polar surface area (TPSA) is 130 Å². The molecule has 0 aromatic carbocycles. The molecule has 21 heavy (non-hydrogen) atoms. The van der Waals surface area contributed by atoms with Gasteiger partial charge in [-0.05, 0) is 0 Å². The lowest BCUT2D eigenvalue weighted by Gasteiger charge is -2.27. The summed E-state index contributed by atoms with van der Waals surface area (Å²) < 4.78 is 4.61. The average molecular weight is 297 g/mol. The molecule has 1 amide bonds. The number of aliphatic carboxylic acids is 2. The third kappa shape index (κ3) is 3.91. The average Bonchev–Trinajstić information content (AvgIpc) is 2.42. The highest BCUT2D eigenvalue weighted by Crippen LogP contribution is 2.32. The lowest BCUT2D eigenvalue weighted by Crippen LogP contribution is -2.47. The van der Waals surface area contributed by atoms with E-state index in [1.54, 1.807) is 0 Å². The maximum atomic E-state index is 12.1. The third-order valence-electron chi connectivity index (χ3n) is 2.90. The van der Waals surface area contributed by atoms with E-state index in [9.17, 15) is 24.3 Å². The molecule has 0 saturated carbocycles. The van der Waals surface area contributed by atoms with Gasteiger partial charge in [0.25, 0.3) is 0 Å². The summed E-state index contributed by atoms with van der Waals surface area (Å²) in [4.78, 5) is 45.0. The maximum absolute atomic E-state index is 12.1. The van der Waals surface area contributed by atoms with Crippen molar-refractivity contribution in [3.8, 4) is 0 Å². The number of hydrogen-bond donors (Lipinski definition) is 3. The summed E-state index contributed by atoms with van der Waals surface area (Å²) in [5.41, 5.74) is -2.14. The van der Waals surface area contributed by atoms with Crippen molar-refractivity contribution in [3.63, 3.8) is 0 Å². The van der Waals surface area contributed by atoms with Crippen LogP contribution in [0, 0.1) is 5.41 Å². The standard InChI is InChI=1S/C13H15NO7/c1-8(15)21-6-5-14-11(18)13(12(19)20)4-2-3-9(7-13)10(16)17/h2-4H,5-7H2,1H3,(H,14,18)(H,16,17)(H,19,20). The van der Waals surface area contributed by atoms with Crippen molar-refractivity contribution >= 4 is 23.8 Å². The molecule has 8 heteroatoms. The lowest BCUT2D eigenvalue weighted by atomic mass is 9.77. The Morgan fingerprint density at radius 1 is 1.33 bits per heavy atom. The number of allylic oxidation sites excluding steroid dienone is 2. The van der Waals surface area contributed by atoms with Crippen LogP contribution < -0.4 is 5.32 Å². The third-order valence-corrected chi connectivity index (χ3v) is 2.90. The van der Waals surface area contributed by atoms with E-state index in [1.165, 1.54) is 19.1 Å². The molecule has 8 nitrogen and oxygen atoms in total. The number of esters is 1. The van der Waals surface area contributed by atoms with Gasteiger partial charge in [0.2, 0.25) is 5.91 Å². The first kappa shape index (κ1) is 16.4. The van der Waals surface area contributed by atoms with Crippen LogP contribution in [0.1, 0.15) is 13.3 Å². The molecular weight excluding hydrogens is 282 g/mol. The Hall–Kier alpha value is -2.64. The van der Waals surface area contributed by atoms with Crippen LogP contribution in [0.3, 0.4) is 0 Å². The molecule has 0 heterocycles. The van der Waals surface area contributed by atoms with Gasteiger partial charge in [0.05, 0.1) is 6.54 Å². The minimum atomic E-state index is -1.97. The Labute approximate surface area is 120 Å². The number of rotatable bonds is 6. The van der Waals surface area contributed by atoms with Crippen molar-refractivity contribution in [2.45, 2.75) is 13.3 Å². The molecule has 1 atom stereocenters. The number of carboxylic acid groups (broad SMARTS) is 2. The fourth-order valence-electron chi connectivity index (χ4n) is 1.81. The number of amides is 1. The van der Waals surface area contributed by atoms with Gasteiger partial charge in [-0.15, -0.1) is 0 Å². The first-order chi connectivity index (χ1) is 9.79. The van der Waals surface area contributed by atoms with E-state index in [-0.39, 0.29) is 18.7 Å². The minimum absolute atomic E-state index is 0.0621. The van der Waals surface area contributed by atoms with Gasteiger partial charge in [-0.25, -0.2) is 4.79 Å². The van der Waals surface area contributed by atoms with Crippen molar-refractivity contribution in [2.75, 3.05) is 13.2 Å². The number of carboxylic acids is 2. The molecule has 114 valence electrons. The van der Waals surface area contributed by atoms with Crippen molar-refractivity contribution in [1.82, 2.24) is 5.32 Å². The maximum Gasteiger partial charge on any atom is 0.331 e. The quantitative estimate of drug-likeness (QED) is 0.349. The molecule has 1 aliphatic rings. The number of nitrogens with one attached hydrogen (secondary N) is 1. The Balaban J connectivity index is 2.78. The molecule has 0 bridgehead atoms. The lowest BCUT2D eigenvalue weighted by molar-refractivity contribution is -0.153. The second kappa shape index (κ2) is 6.69. The monoisotopic (exact) mass is 297 g/mol. The summed E-state index contributed by atoms with van der Waals surface area (Å²) in [6.45, 7) is 1.05. The molecule has 1 rings (SSSR count). The van der Waals surface area contributed by atoms with Gasteiger partial charge in [-0.1, -0.05) is 18.2 Å². The predicted molar refractivity (Wildman–Crippen MR) is 69.2 cm³/mol. The zero-order chi connectivity index (χ0) is 16.0. The van der Waals surface area contributed by atoms with E-state index in [1.807, 2.05) is 0 Å². The SMILES string of the molecule is CC(=O)OCCNC(=O)C1(C(=O)O)C=CC=C(C(=O)O)C1. The van der Waals surface area contributed by atoms with Crippen molar-refractivity contribution < 1.29 is 34.1 Å². The zero-order valence-corrected chi connectivity index (χ0v) is 11.3. The van der Waals surface area contributed by atoms with E-state index in [4.69, 9.17) is 5.11 Å². The first-order valence-corrected chi connectivity index (χ1v) is 6.06. The van der Waals surface area contributed by atoms with Crippen molar-refractivity contribution in [1.29, 1.82) is 0 Å². The molecule has 0 aliphatic heterocycles. The van der Waals surface area contributed by atoms with Crippen LogP contribution >= 0.6 is 0 Å². The second-order valence-electron chi connectivity index (χ2n) is 4.41. The summed E-state index contributed by atoms with van der Waals surface area (Å²) in [6.07, 6.45) is 3.17. The van der Waals surface area contributed by atoms with Gasteiger partial charge in [-0.3, -0.25) is 14.4 Å². The van der Waals surface area contributed by atoms with Gasteiger partial charge < -0.3 is 20.3 Å². The van der Waals surface area contributed by atoms with E-state index >= 15 is 0 Å². The van der Waals surface area contributed by atoms with E-state index in [2.05, 4.69) is 10.1 Å². The zero-order valence-electron chi connectivity index (χ0n) is 11.3. The summed E-state index contributed by atoms with van der Waals surface area (Å²) >= 11 is 0. The van der Waals surface area contributed by atoms with Gasteiger partial charge in [0.15, 0.2) is 5.41 Å². The summed E-state index contributed by atoms with van der Waals surface area (Å²) in [7, 11) is 0. The van der Waals surface area contributed by atoms with Crippen LogP contribution in [-0.2, 0) is 23.9 Å². The summed E-state index contributed by atoms with van der Waals surface area (Å²) in [5.74, 6) is -4.11. The van der Waals surface area contributed by atoms with Gasteiger partial charge >= 0.3 is 17.9 Å². The molecule has 0 saturated heterocycles. The van der Waals surface area contributed by atoms with Gasteiger partial charge in [0, 0.05) is 18.9 Å². The van der Waals surface area contributed by atoms with Crippen LogP contribution in [0.2, 0.25) is 0 Å². The number of carbonyl (C=O) groups is 4. The van der Waals surface area contributed by atoms with Crippen LogP contribution in [0.15, 0.2) is 23.8 Å². The van der Waals surface area contributed by atoms with Gasteiger partial charge in [-0.2, -0.15) is 0 Å². The molecule has 3 N–H and O–H groups in total. The fraction of sp³-hybridized carbons (Fsp3) is 0.385. The molecular formula is C13H15NO7. The fourth-order valence-corrected chi connectivity index (χ4v) is 1.81. The molecule has 0 radical (unpaired) electrons. The van der Waals surface area contributed by atoms with E-state index in [0.29, 0.717) is 0 Å². The van der Waals surface area contributed by atoms with E-state index < -0.39 is 35.7 Å². The molecule has 1 unspecified atom stereocenters. The van der Waals surface area contributed by atoms with Gasteiger partial charge in [0.1, 0.15) is 6.61 Å². The molecule has 0 fully saturated rings. The smallest absolute Gasteiger partial charge is 0.331 e. The second-order valence-corrected chi connectivity index (χ2v) is 4.41. The number of carbonyl (C=O) groups excluding carboxylic acids is 2. The molecule has 0 aromatic heterocycles. The minimum Gasteiger partial charge on any atom is -0.480 e. The van der Waals surface area contributed by atoms with Crippen LogP contribution in [0.25, 0.3) is 0 Å². The Morgan fingerprint density at radius 3 is 2.52 bits per heavy atom. The van der Waals surface area contributed by atoms with Crippen LogP contribution in [0.4, 0.5) is 0 Å². The molecule has 0 spiro atoms. The first-order valence-electron chi connectivity index (χ1n) is 6.06.